The molecule has 0 heterocycles. The number of benzene rings is 2. The van der Waals surface area contributed by atoms with Crippen LogP contribution in [0.5, 0.6) is 11.5 Å². The fourth-order valence-electron chi connectivity index (χ4n) is 4.79. The Morgan fingerprint density at radius 3 is 1.13 bits per heavy atom. The molecule has 0 saturated heterocycles. The molecule has 0 bridgehead atoms. The van der Waals surface area contributed by atoms with Crippen molar-refractivity contribution in [1.82, 2.24) is 0 Å². The van der Waals surface area contributed by atoms with E-state index in [0.717, 1.165) is 35.5 Å². The number of methoxy groups -OCH3 is 2. The van der Waals surface area contributed by atoms with Crippen LogP contribution in [0.1, 0.15) is 65.5 Å². The van der Waals surface area contributed by atoms with E-state index in [1.54, 1.807) is 14.2 Å². The zero-order valence-electron chi connectivity index (χ0n) is 35.2. The van der Waals surface area contributed by atoms with Crippen LogP contribution in [0.4, 0.5) is 0 Å². The molecule has 6 nitrogen and oxygen atoms in total. The zero-order valence-corrected chi connectivity index (χ0v) is 38.8. The van der Waals surface area contributed by atoms with Crippen molar-refractivity contribution in [1.29, 1.82) is 0 Å². The van der Waals surface area contributed by atoms with Crippen molar-refractivity contribution >= 4 is 20.4 Å². The summed E-state index contributed by atoms with van der Waals surface area (Å²) in [6.07, 6.45) is 1.60. The molecule has 0 fully saturated rings. The standard InChI is InChI=1S/C35H58O6Si2.2C5H5.Ti/c1-34(2,3)42(9,10)40-32(26-38-24-28-16-20-30(36-7)21-17-28)14-13-15-33(41-43(11,12)35(4,5)6)27-39-25-29-18-22-31(37-8)23-19-29;2*1-2-4-5-3-1;/h16-23,32-33H,14-15,24-27H2,1-12H3;2*1-5H;/q;2*-1;+2/t32-,33-;;;/m1.../s1. The Hall–Kier alpha value is -2.40. The monoisotopic (exact) mass is 808 g/mol. The smallest absolute Gasteiger partial charge is 0.172 e. The summed E-state index contributed by atoms with van der Waals surface area (Å²) >= 11 is 2.23. The third-order valence-corrected chi connectivity index (χ3v) is 19.8. The molecule has 9 heteroatoms. The molecule has 4 aromatic rings. The van der Waals surface area contributed by atoms with E-state index >= 15 is 0 Å². The molecule has 4 rings (SSSR count). The van der Waals surface area contributed by atoms with Crippen LogP contribution in [0.2, 0.25) is 36.3 Å². The van der Waals surface area contributed by atoms with Gasteiger partial charge in [0, 0.05) is 0 Å². The van der Waals surface area contributed by atoms with Crippen LogP contribution in [-0.2, 0) is 51.5 Å². The maximum atomic E-state index is 6.94. The molecule has 0 radical (unpaired) electrons. The van der Waals surface area contributed by atoms with Crippen LogP contribution in [-0.4, -0.2) is 60.1 Å². The Balaban J connectivity index is 0.000000862. The molecular formula is C45H68O6Si2Ti. The fraction of sp³-hybridized carbons (Fsp3) is 0.489. The van der Waals surface area contributed by atoms with Crippen molar-refractivity contribution in [2.24, 2.45) is 0 Å². The summed E-state index contributed by atoms with van der Waals surface area (Å²) in [5.74, 6) is 1.70. The second kappa shape index (κ2) is 23.6. The topological polar surface area (TPSA) is 55.4 Å². The van der Waals surface area contributed by atoms with Crippen LogP contribution in [0.3, 0.4) is 0 Å². The largest absolute Gasteiger partial charge is 0.214 e. The van der Waals surface area contributed by atoms with Gasteiger partial charge in [0.15, 0.2) is 0 Å². The zero-order chi connectivity index (χ0) is 40.3. The summed E-state index contributed by atoms with van der Waals surface area (Å²) < 4.78 is 38.3. The average molecular weight is 809 g/mol. The average Bonchev–Trinajstić information content (AvgIpc) is 3.88. The first-order valence-electron chi connectivity index (χ1n) is 19.0. The van der Waals surface area contributed by atoms with Gasteiger partial charge in [-0.05, 0) is 0 Å². The molecule has 0 aliphatic rings. The molecule has 0 N–H and O–H groups in total. The molecule has 0 aromatic heterocycles. The van der Waals surface area contributed by atoms with E-state index in [2.05, 4.69) is 112 Å². The second-order valence-corrected chi connectivity index (χ2v) is 27.3. The maximum absolute atomic E-state index is 6.94. The van der Waals surface area contributed by atoms with Gasteiger partial charge < -0.3 is 0 Å². The quantitative estimate of drug-likeness (QED) is 0.0737. The molecule has 0 spiro atoms. The molecule has 2 atom stereocenters. The summed E-state index contributed by atoms with van der Waals surface area (Å²) in [7, 11) is -0.660. The Morgan fingerprint density at radius 2 is 0.889 bits per heavy atom. The van der Waals surface area contributed by atoms with Crippen LogP contribution in [0, 0.1) is 0 Å². The van der Waals surface area contributed by atoms with E-state index < -0.39 is 16.6 Å². The number of hydrogen-bond donors (Lipinski definition) is 0. The first kappa shape index (κ1) is 47.7. The summed E-state index contributed by atoms with van der Waals surface area (Å²) in [4.78, 5) is 0. The van der Waals surface area contributed by atoms with Crippen molar-refractivity contribution in [2.75, 3.05) is 27.4 Å². The fourth-order valence-corrected chi connectivity index (χ4v) is 8.18. The van der Waals surface area contributed by atoms with Crippen molar-refractivity contribution in [3.05, 3.63) is 120 Å². The van der Waals surface area contributed by atoms with Gasteiger partial charge in [-0.25, -0.2) is 24.3 Å². The van der Waals surface area contributed by atoms with Gasteiger partial charge >= 0.3 is 283 Å². The molecule has 0 saturated carbocycles. The van der Waals surface area contributed by atoms with Gasteiger partial charge in [-0.3, -0.25) is 0 Å². The second-order valence-electron chi connectivity index (χ2n) is 16.7. The Labute approximate surface area is 341 Å². The van der Waals surface area contributed by atoms with Crippen molar-refractivity contribution < 1.29 is 47.8 Å². The third kappa shape index (κ3) is 18.5. The van der Waals surface area contributed by atoms with Gasteiger partial charge in [0.25, 0.3) is 0 Å². The van der Waals surface area contributed by atoms with Gasteiger partial charge in [0.1, 0.15) is 0 Å². The Bertz CT molecular complexity index is 1370. The van der Waals surface area contributed by atoms with Crippen LogP contribution in [0.15, 0.2) is 109 Å². The first-order valence-corrected chi connectivity index (χ1v) is 25.6. The Kier molecular flexibility index (Phi) is 20.9. The van der Waals surface area contributed by atoms with Crippen LogP contribution in [0.25, 0.3) is 0 Å². The van der Waals surface area contributed by atoms with Gasteiger partial charge in [-0.2, -0.15) is 36.4 Å². The van der Waals surface area contributed by atoms with E-state index in [4.69, 9.17) is 27.8 Å². The van der Waals surface area contributed by atoms with E-state index in [-0.39, 0.29) is 22.3 Å². The summed E-state index contributed by atoms with van der Waals surface area (Å²) in [6, 6.07) is 36.1. The summed E-state index contributed by atoms with van der Waals surface area (Å²) in [6.45, 7) is 25.1. The Morgan fingerprint density at radius 1 is 0.574 bits per heavy atom. The SMILES string of the molecule is COc1ccc(COC[C@@H](C[C](=[Ti+2])C[C@H](COCc2ccc(OC)cc2)O[Si](C)(C)C(C)(C)C)O[Si](C)(C)C(C)(C)C)cc1.c1cc[cH-]c1.c1cc[cH-]c1. The van der Waals surface area contributed by atoms with Gasteiger partial charge in [0.2, 0.25) is 0 Å². The van der Waals surface area contributed by atoms with Crippen LogP contribution < -0.4 is 9.47 Å². The van der Waals surface area contributed by atoms with Gasteiger partial charge in [-0.1, -0.05) is 0 Å². The predicted octanol–water partition coefficient (Wildman–Crippen LogP) is 11.5. The normalized spacial score (nSPS) is 13.1. The minimum Gasteiger partial charge on any atom is -0.214 e. The molecule has 54 heavy (non-hydrogen) atoms. The van der Waals surface area contributed by atoms with Gasteiger partial charge in [0.05, 0.1) is 0 Å². The number of ether oxygens (including phenoxy) is 4. The maximum Gasteiger partial charge on any atom is -0.172 e. The summed E-state index contributed by atoms with van der Waals surface area (Å²) in [5, 5.41) is 0.219. The van der Waals surface area contributed by atoms with E-state index in [0.29, 0.717) is 26.4 Å². The van der Waals surface area contributed by atoms with Crippen molar-refractivity contribution in [3.63, 3.8) is 0 Å². The molecular weight excluding hydrogens is 741 g/mol. The minimum atomic E-state index is -2.01. The van der Waals surface area contributed by atoms with E-state index in [1.807, 2.05) is 84.9 Å². The molecule has 296 valence electrons. The van der Waals surface area contributed by atoms with Crippen molar-refractivity contribution in [2.45, 2.75) is 116 Å². The van der Waals surface area contributed by atoms with E-state index in [1.165, 1.54) is 3.81 Å². The summed E-state index contributed by atoms with van der Waals surface area (Å²) in [5.41, 5.74) is 2.24. The molecule has 0 unspecified atom stereocenters. The minimum absolute atomic E-state index is 0.0251. The molecule has 0 amide bonds. The van der Waals surface area contributed by atoms with Gasteiger partial charge in [-0.15, -0.1) is 0 Å². The molecule has 4 aromatic carbocycles. The molecule has 0 aliphatic carbocycles. The van der Waals surface area contributed by atoms with Crippen LogP contribution >= 0.6 is 0 Å². The predicted molar refractivity (Wildman–Crippen MR) is 228 cm³/mol. The molecule has 0 aliphatic heterocycles. The number of hydrogen-bond acceptors (Lipinski definition) is 6. The third-order valence-electron chi connectivity index (χ3n) is 10.1. The van der Waals surface area contributed by atoms with Crippen molar-refractivity contribution in [3.8, 4) is 11.5 Å². The first-order chi connectivity index (χ1) is 25.4. The van der Waals surface area contributed by atoms with E-state index in [9.17, 15) is 0 Å². The number of rotatable bonds is 18.